The molecular formula is C14H10BrNO4S. The Labute approximate surface area is 133 Å². The molecule has 21 heavy (non-hydrogen) atoms. The van der Waals surface area contributed by atoms with Crippen LogP contribution in [-0.2, 0) is 6.61 Å². The Balaban J connectivity index is 2.08. The molecule has 0 saturated carbocycles. The molecule has 0 aliphatic rings. The predicted octanol–water partition coefficient (Wildman–Crippen LogP) is 3.34. The maximum Gasteiger partial charge on any atom is 0.287 e. The molecule has 2 aromatic rings. The fraction of sp³-hybridized carbons (Fsp3) is 0.143. The second-order valence-electron chi connectivity index (χ2n) is 3.90. The van der Waals surface area contributed by atoms with Crippen LogP contribution in [0.25, 0.3) is 0 Å². The van der Waals surface area contributed by atoms with E-state index in [9.17, 15) is 10.1 Å². The SMILES string of the molecule is O=[N+]([O-])c1cccc(OCc2cc(C#CCO)cs2)c1Br. The maximum atomic E-state index is 10.8. The highest BCUT2D eigenvalue weighted by Crippen LogP contribution is 2.34. The van der Waals surface area contributed by atoms with Crippen molar-refractivity contribution in [3.63, 3.8) is 0 Å². The number of ether oxygens (including phenoxy) is 1. The van der Waals surface area contributed by atoms with E-state index in [0.717, 1.165) is 10.4 Å². The van der Waals surface area contributed by atoms with E-state index in [0.29, 0.717) is 16.8 Å². The van der Waals surface area contributed by atoms with Gasteiger partial charge in [-0.05, 0) is 28.1 Å². The monoisotopic (exact) mass is 367 g/mol. The summed E-state index contributed by atoms with van der Waals surface area (Å²) in [7, 11) is 0. The summed E-state index contributed by atoms with van der Waals surface area (Å²) in [5, 5.41) is 21.3. The first kappa shape index (κ1) is 15.5. The Morgan fingerprint density at radius 3 is 3.00 bits per heavy atom. The van der Waals surface area contributed by atoms with Gasteiger partial charge in [-0.1, -0.05) is 17.9 Å². The number of nitro benzene ring substituents is 1. The normalized spacial score (nSPS) is 9.81. The molecule has 1 N–H and O–H groups in total. The van der Waals surface area contributed by atoms with Crippen molar-refractivity contribution >= 4 is 33.0 Å². The summed E-state index contributed by atoms with van der Waals surface area (Å²) >= 11 is 4.66. The van der Waals surface area contributed by atoms with Crippen LogP contribution in [0.4, 0.5) is 5.69 Å². The molecule has 0 fully saturated rings. The number of thiophene rings is 1. The molecule has 7 heteroatoms. The zero-order valence-electron chi connectivity index (χ0n) is 10.7. The van der Waals surface area contributed by atoms with Gasteiger partial charge in [0.1, 0.15) is 23.4 Å². The molecule has 1 heterocycles. The molecule has 0 unspecified atom stereocenters. The molecule has 0 radical (unpaired) electrons. The van der Waals surface area contributed by atoms with Gasteiger partial charge in [0, 0.05) is 21.9 Å². The molecule has 0 amide bonds. The van der Waals surface area contributed by atoms with Gasteiger partial charge in [-0.3, -0.25) is 10.1 Å². The second-order valence-corrected chi connectivity index (χ2v) is 5.69. The van der Waals surface area contributed by atoms with Gasteiger partial charge in [-0.15, -0.1) is 11.3 Å². The Hall–Kier alpha value is -1.88. The van der Waals surface area contributed by atoms with Crippen LogP contribution in [0.15, 0.2) is 34.1 Å². The van der Waals surface area contributed by atoms with Crippen LogP contribution in [0, 0.1) is 22.0 Å². The molecule has 0 aliphatic heterocycles. The van der Waals surface area contributed by atoms with E-state index >= 15 is 0 Å². The summed E-state index contributed by atoms with van der Waals surface area (Å²) in [6, 6.07) is 6.51. The number of halogens is 1. The highest BCUT2D eigenvalue weighted by atomic mass is 79.9. The third-order valence-corrected chi connectivity index (χ3v) is 4.18. The highest BCUT2D eigenvalue weighted by Gasteiger charge is 2.15. The minimum Gasteiger partial charge on any atom is -0.487 e. The van der Waals surface area contributed by atoms with E-state index in [1.54, 1.807) is 12.1 Å². The molecule has 5 nitrogen and oxygen atoms in total. The number of nitro groups is 1. The molecule has 0 bridgehead atoms. The van der Waals surface area contributed by atoms with Crippen LogP contribution >= 0.6 is 27.3 Å². The van der Waals surface area contributed by atoms with Crippen molar-refractivity contribution in [1.29, 1.82) is 0 Å². The zero-order valence-corrected chi connectivity index (χ0v) is 13.1. The van der Waals surface area contributed by atoms with Gasteiger partial charge < -0.3 is 9.84 Å². The number of aliphatic hydroxyl groups excluding tert-OH is 1. The lowest BCUT2D eigenvalue weighted by molar-refractivity contribution is -0.385. The van der Waals surface area contributed by atoms with E-state index in [-0.39, 0.29) is 12.3 Å². The lowest BCUT2D eigenvalue weighted by Crippen LogP contribution is -1.96. The van der Waals surface area contributed by atoms with Gasteiger partial charge in [0.2, 0.25) is 0 Å². The molecular weight excluding hydrogens is 358 g/mol. The van der Waals surface area contributed by atoms with Crippen molar-refractivity contribution in [3.8, 4) is 17.6 Å². The molecule has 1 aromatic carbocycles. The van der Waals surface area contributed by atoms with Crippen LogP contribution < -0.4 is 4.74 Å². The maximum absolute atomic E-state index is 10.8. The summed E-state index contributed by atoms with van der Waals surface area (Å²) in [4.78, 5) is 11.3. The molecule has 0 atom stereocenters. The van der Waals surface area contributed by atoms with E-state index < -0.39 is 4.92 Å². The molecule has 2 rings (SSSR count). The first-order valence-electron chi connectivity index (χ1n) is 5.84. The van der Waals surface area contributed by atoms with Crippen LogP contribution in [0.3, 0.4) is 0 Å². The minimum absolute atomic E-state index is 0.0341. The summed E-state index contributed by atoms with van der Waals surface area (Å²) in [6.07, 6.45) is 0. The first-order valence-corrected chi connectivity index (χ1v) is 7.52. The minimum atomic E-state index is -0.468. The van der Waals surface area contributed by atoms with Gasteiger partial charge in [0.15, 0.2) is 0 Å². The Morgan fingerprint density at radius 1 is 1.48 bits per heavy atom. The fourth-order valence-electron chi connectivity index (χ4n) is 1.56. The van der Waals surface area contributed by atoms with Gasteiger partial charge in [0.05, 0.1) is 4.92 Å². The Bertz CT molecular complexity index is 717. The highest BCUT2D eigenvalue weighted by molar-refractivity contribution is 9.10. The molecule has 108 valence electrons. The molecule has 0 aliphatic carbocycles. The van der Waals surface area contributed by atoms with E-state index in [1.165, 1.54) is 17.4 Å². The molecule has 0 saturated heterocycles. The predicted molar refractivity (Wildman–Crippen MR) is 83.4 cm³/mol. The van der Waals surface area contributed by atoms with Crippen molar-refractivity contribution in [2.75, 3.05) is 6.61 Å². The zero-order chi connectivity index (χ0) is 15.2. The summed E-state index contributed by atoms with van der Waals surface area (Å²) in [5.41, 5.74) is 0.777. The number of benzene rings is 1. The van der Waals surface area contributed by atoms with Gasteiger partial charge in [-0.2, -0.15) is 0 Å². The van der Waals surface area contributed by atoms with Crippen molar-refractivity contribution in [3.05, 3.63) is 54.7 Å². The second kappa shape index (κ2) is 7.22. The van der Waals surface area contributed by atoms with Crippen molar-refractivity contribution in [2.24, 2.45) is 0 Å². The van der Waals surface area contributed by atoms with Crippen LogP contribution in [0.1, 0.15) is 10.4 Å². The van der Waals surface area contributed by atoms with E-state index in [1.807, 2.05) is 11.4 Å². The number of aliphatic hydroxyl groups is 1. The summed E-state index contributed by atoms with van der Waals surface area (Å²) < 4.78 is 5.92. The van der Waals surface area contributed by atoms with Crippen molar-refractivity contribution in [2.45, 2.75) is 6.61 Å². The van der Waals surface area contributed by atoms with Gasteiger partial charge in [-0.25, -0.2) is 0 Å². The van der Waals surface area contributed by atoms with Crippen LogP contribution in [-0.4, -0.2) is 16.6 Å². The number of hydrogen-bond acceptors (Lipinski definition) is 5. The average molecular weight is 368 g/mol. The largest absolute Gasteiger partial charge is 0.487 e. The molecule has 1 aromatic heterocycles. The quantitative estimate of drug-likeness (QED) is 0.510. The Kier molecular flexibility index (Phi) is 5.33. The van der Waals surface area contributed by atoms with Gasteiger partial charge in [0.25, 0.3) is 5.69 Å². The summed E-state index contributed by atoms with van der Waals surface area (Å²) in [5.74, 6) is 5.79. The Morgan fingerprint density at radius 2 is 2.29 bits per heavy atom. The number of hydrogen-bond donors (Lipinski definition) is 1. The van der Waals surface area contributed by atoms with E-state index in [2.05, 4.69) is 27.8 Å². The smallest absolute Gasteiger partial charge is 0.287 e. The number of nitrogens with zero attached hydrogens (tertiary/aromatic N) is 1. The van der Waals surface area contributed by atoms with Crippen molar-refractivity contribution < 1.29 is 14.8 Å². The number of rotatable bonds is 4. The van der Waals surface area contributed by atoms with Crippen molar-refractivity contribution in [1.82, 2.24) is 0 Å². The lowest BCUT2D eigenvalue weighted by Gasteiger charge is -2.06. The first-order chi connectivity index (χ1) is 10.1. The lowest BCUT2D eigenvalue weighted by atomic mass is 10.3. The standard InChI is InChI=1S/C14H10BrNO4S/c15-14-12(16(18)19)4-1-5-13(14)20-8-11-7-10(9-21-11)3-2-6-17/h1,4-5,7,9,17H,6,8H2. The molecule has 0 spiro atoms. The fourth-order valence-corrected chi connectivity index (χ4v) is 2.81. The van der Waals surface area contributed by atoms with E-state index in [4.69, 9.17) is 9.84 Å². The summed E-state index contributed by atoms with van der Waals surface area (Å²) in [6.45, 7) is 0.119. The average Bonchev–Trinajstić information content (AvgIpc) is 2.91. The topological polar surface area (TPSA) is 72.6 Å². The van der Waals surface area contributed by atoms with Crippen LogP contribution in [0.5, 0.6) is 5.75 Å². The van der Waals surface area contributed by atoms with Crippen LogP contribution in [0.2, 0.25) is 0 Å². The van der Waals surface area contributed by atoms with Gasteiger partial charge >= 0.3 is 0 Å². The third-order valence-electron chi connectivity index (χ3n) is 2.48. The third kappa shape index (κ3) is 4.04.